The van der Waals surface area contributed by atoms with E-state index in [1.807, 2.05) is 0 Å². The van der Waals surface area contributed by atoms with Crippen molar-refractivity contribution in [1.82, 2.24) is 0 Å². The Morgan fingerprint density at radius 3 is 2.48 bits per heavy atom. The summed E-state index contributed by atoms with van der Waals surface area (Å²) in [5.41, 5.74) is 0.719. The van der Waals surface area contributed by atoms with Crippen LogP contribution in [0.15, 0.2) is 24.3 Å². The molecular weight excluding hydrogens is 276 g/mol. The van der Waals surface area contributed by atoms with E-state index in [4.69, 9.17) is 9.84 Å². The van der Waals surface area contributed by atoms with Crippen LogP contribution in [0, 0.1) is 0 Å². The first-order valence-corrected chi connectivity index (χ1v) is 6.41. The van der Waals surface area contributed by atoms with Gasteiger partial charge in [-0.1, -0.05) is 12.6 Å². The zero-order valence-corrected chi connectivity index (χ0v) is 12.0. The quantitative estimate of drug-likeness (QED) is 0.566. The lowest BCUT2D eigenvalue weighted by molar-refractivity contribution is -0.136. The predicted octanol–water partition coefficient (Wildman–Crippen LogP) is 1.39. The highest BCUT2D eigenvalue weighted by Crippen LogP contribution is 2.39. The lowest BCUT2D eigenvalue weighted by Crippen LogP contribution is -2.20. The van der Waals surface area contributed by atoms with Crippen LogP contribution in [-0.4, -0.2) is 39.6 Å². The van der Waals surface area contributed by atoms with Gasteiger partial charge in [-0.3, -0.25) is 4.79 Å². The van der Waals surface area contributed by atoms with E-state index in [1.54, 1.807) is 6.92 Å². The van der Waals surface area contributed by atoms with Crippen LogP contribution in [0.4, 0.5) is 0 Å². The summed E-state index contributed by atoms with van der Waals surface area (Å²) >= 11 is 0. The van der Waals surface area contributed by atoms with Crippen LogP contribution in [0.1, 0.15) is 30.6 Å². The molecule has 0 saturated heterocycles. The average molecular weight is 296 g/mol. The van der Waals surface area contributed by atoms with Crippen molar-refractivity contribution in [3.63, 3.8) is 0 Å². The minimum absolute atomic E-state index is 0.0240. The lowest BCUT2D eigenvalue weighted by atomic mass is 9.95. The number of carboxylic acids is 1. The zero-order chi connectivity index (χ0) is 16.2. The van der Waals surface area contributed by atoms with Gasteiger partial charge in [0.05, 0.1) is 12.7 Å². The van der Waals surface area contributed by atoms with E-state index in [2.05, 4.69) is 6.58 Å². The molecule has 0 aliphatic carbocycles. The first-order valence-electron chi connectivity index (χ1n) is 6.41. The van der Waals surface area contributed by atoms with E-state index in [1.165, 1.54) is 19.2 Å². The maximum absolute atomic E-state index is 10.6. The number of aliphatic carboxylic acids is 1. The van der Waals surface area contributed by atoms with Gasteiger partial charge in [0.15, 0.2) is 0 Å². The van der Waals surface area contributed by atoms with E-state index in [0.717, 1.165) is 0 Å². The van der Waals surface area contributed by atoms with Gasteiger partial charge in [-0.2, -0.15) is 0 Å². The predicted molar refractivity (Wildman–Crippen MR) is 76.4 cm³/mol. The Morgan fingerprint density at radius 2 is 2.00 bits per heavy atom. The Morgan fingerprint density at radius 1 is 1.38 bits per heavy atom. The summed E-state index contributed by atoms with van der Waals surface area (Å²) < 4.78 is 5.08. The second kappa shape index (κ2) is 7.10. The number of phenols is 1. The Labute approximate surface area is 122 Å². The summed E-state index contributed by atoms with van der Waals surface area (Å²) in [6.07, 6.45) is -2.73. The van der Waals surface area contributed by atoms with Crippen molar-refractivity contribution in [2.24, 2.45) is 0 Å². The summed E-state index contributed by atoms with van der Waals surface area (Å²) in [6.45, 7) is 5.11. The standard InChI is InChI=1S/C15H20O6/c1-8(2)13(18)15(20)12-10(21-3)6-4-9(14(12)19)5-7-11(16)17/h4,6,13,15,18-20H,1,5,7H2,2-3H3,(H,16,17)/t13-,15-/m0/s1. The average Bonchev–Trinajstić information content (AvgIpc) is 2.43. The number of aryl methyl sites for hydroxylation is 1. The maximum atomic E-state index is 10.6. The molecule has 0 bridgehead atoms. The number of aromatic hydroxyl groups is 1. The van der Waals surface area contributed by atoms with E-state index in [0.29, 0.717) is 11.1 Å². The molecule has 0 radical (unpaired) electrons. The number of ether oxygens (including phenoxy) is 1. The number of carbonyl (C=O) groups is 1. The van der Waals surface area contributed by atoms with E-state index in [-0.39, 0.29) is 29.9 Å². The smallest absolute Gasteiger partial charge is 0.303 e. The topological polar surface area (TPSA) is 107 Å². The Kier molecular flexibility index (Phi) is 5.75. The number of hydrogen-bond acceptors (Lipinski definition) is 5. The second-order valence-electron chi connectivity index (χ2n) is 4.82. The third-order valence-electron chi connectivity index (χ3n) is 3.19. The Bertz CT molecular complexity index is 537. The largest absolute Gasteiger partial charge is 0.507 e. The van der Waals surface area contributed by atoms with Gasteiger partial charge in [-0.15, -0.1) is 0 Å². The van der Waals surface area contributed by atoms with Gasteiger partial charge in [-0.25, -0.2) is 0 Å². The Balaban J connectivity index is 3.23. The molecule has 4 N–H and O–H groups in total. The number of hydrogen-bond donors (Lipinski definition) is 4. The molecule has 1 aromatic carbocycles. The Hall–Kier alpha value is -2.05. The van der Waals surface area contributed by atoms with Crippen LogP contribution in [-0.2, 0) is 11.2 Å². The van der Waals surface area contributed by atoms with Crippen LogP contribution in [0.25, 0.3) is 0 Å². The van der Waals surface area contributed by atoms with Gasteiger partial charge in [0.25, 0.3) is 0 Å². The molecule has 0 unspecified atom stereocenters. The zero-order valence-electron chi connectivity index (χ0n) is 12.0. The molecule has 6 heteroatoms. The summed E-state index contributed by atoms with van der Waals surface area (Å²) in [5.74, 6) is -1.06. The number of carboxylic acid groups (broad SMARTS) is 1. The summed E-state index contributed by atoms with van der Waals surface area (Å²) in [5, 5.41) is 39.0. The van der Waals surface area contributed by atoms with Crippen molar-refractivity contribution in [3.05, 3.63) is 35.4 Å². The van der Waals surface area contributed by atoms with Crippen LogP contribution < -0.4 is 4.74 Å². The van der Waals surface area contributed by atoms with Crippen LogP contribution in [0.3, 0.4) is 0 Å². The van der Waals surface area contributed by atoms with E-state index in [9.17, 15) is 20.1 Å². The van der Waals surface area contributed by atoms with Crippen molar-refractivity contribution in [1.29, 1.82) is 0 Å². The second-order valence-corrected chi connectivity index (χ2v) is 4.82. The number of phenolic OH excluding ortho intramolecular Hbond substituents is 1. The van der Waals surface area contributed by atoms with Gasteiger partial charge in [0.1, 0.15) is 23.7 Å². The highest BCUT2D eigenvalue weighted by molar-refractivity contribution is 5.67. The molecular formula is C15H20O6. The fraction of sp³-hybridized carbons (Fsp3) is 0.400. The third kappa shape index (κ3) is 3.96. The first-order chi connectivity index (χ1) is 9.79. The molecule has 0 heterocycles. The lowest BCUT2D eigenvalue weighted by Gasteiger charge is -2.22. The summed E-state index contributed by atoms with van der Waals surface area (Å²) in [4.78, 5) is 10.6. The molecule has 21 heavy (non-hydrogen) atoms. The van der Waals surface area contributed by atoms with E-state index < -0.39 is 18.2 Å². The highest BCUT2D eigenvalue weighted by atomic mass is 16.5. The van der Waals surface area contributed by atoms with Crippen molar-refractivity contribution in [3.8, 4) is 11.5 Å². The molecule has 6 nitrogen and oxygen atoms in total. The van der Waals surface area contributed by atoms with Crippen LogP contribution in [0.2, 0.25) is 0 Å². The minimum atomic E-state index is -1.41. The fourth-order valence-electron chi connectivity index (χ4n) is 1.97. The minimum Gasteiger partial charge on any atom is -0.507 e. The van der Waals surface area contributed by atoms with Gasteiger partial charge >= 0.3 is 5.97 Å². The molecule has 0 spiro atoms. The number of benzene rings is 1. The number of methoxy groups -OCH3 is 1. The summed E-state index contributed by atoms with van der Waals surface area (Å²) in [6, 6.07) is 3.04. The molecule has 0 saturated carbocycles. The first kappa shape index (κ1) is 17.0. The van der Waals surface area contributed by atoms with Gasteiger partial charge in [-0.05, 0) is 30.5 Å². The normalized spacial score (nSPS) is 13.5. The molecule has 0 aromatic heterocycles. The molecule has 2 atom stereocenters. The third-order valence-corrected chi connectivity index (χ3v) is 3.19. The van der Waals surface area contributed by atoms with Crippen LogP contribution >= 0.6 is 0 Å². The summed E-state index contributed by atoms with van der Waals surface area (Å²) in [7, 11) is 1.37. The molecule has 116 valence electrons. The molecule has 0 aliphatic rings. The van der Waals surface area contributed by atoms with Gasteiger partial charge in [0.2, 0.25) is 0 Å². The van der Waals surface area contributed by atoms with Crippen molar-refractivity contribution >= 4 is 5.97 Å². The maximum Gasteiger partial charge on any atom is 0.303 e. The van der Waals surface area contributed by atoms with Gasteiger partial charge < -0.3 is 25.2 Å². The molecule has 1 aromatic rings. The van der Waals surface area contributed by atoms with Crippen molar-refractivity contribution < 1.29 is 30.0 Å². The number of aliphatic hydroxyl groups excluding tert-OH is 2. The van der Waals surface area contributed by atoms with Crippen molar-refractivity contribution in [2.45, 2.75) is 32.0 Å². The fourth-order valence-corrected chi connectivity index (χ4v) is 1.97. The molecule has 0 fully saturated rings. The molecule has 0 amide bonds. The van der Waals surface area contributed by atoms with E-state index >= 15 is 0 Å². The number of rotatable bonds is 7. The van der Waals surface area contributed by atoms with Gasteiger partial charge in [0, 0.05) is 6.42 Å². The molecule has 0 aliphatic heterocycles. The molecule has 1 rings (SSSR count). The highest BCUT2D eigenvalue weighted by Gasteiger charge is 2.27. The van der Waals surface area contributed by atoms with Crippen molar-refractivity contribution in [2.75, 3.05) is 7.11 Å². The number of aliphatic hydroxyl groups is 2. The van der Waals surface area contributed by atoms with Crippen LogP contribution in [0.5, 0.6) is 11.5 Å². The monoisotopic (exact) mass is 296 g/mol. The SMILES string of the molecule is C=C(C)[C@H](O)[C@@H](O)c1c(OC)ccc(CCC(=O)O)c1O.